The molecule has 3 aromatic rings. The van der Waals surface area contributed by atoms with Crippen molar-refractivity contribution in [1.82, 2.24) is 4.90 Å². The fraction of sp³-hybridized carbons (Fsp3) is 0.192. The zero-order valence-electron chi connectivity index (χ0n) is 17.6. The second-order valence-corrected chi connectivity index (χ2v) is 7.86. The van der Waals surface area contributed by atoms with Crippen LogP contribution in [0, 0.1) is 0 Å². The van der Waals surface area contributed by atoms with Crippen LogP contribution in [0.1, 0.15) is 22.3 Å². The molecule has 0 aliphatic carbocycles. The summed E-state index contributed by atoms with van der Waals surface area (Å²) in [6, 6.07) is 21.3. The van der Waals surface area contributed by atoms with E-state index >= 15 is 0 Å². The van der Waals surface area contributed by atoms with Crippen LogP contribution in [0.15, 0.2) is 66.7 Å². The third-order valence-electron chi connectivity index (χ3n) is 5.50. The van der Waals surface area contributed by atoms with Gasteiger partial charge in [-0.1, -0.05) is 54.1 Å². The van der Waals surface area contributed by atoms with E-state index in [0.717, 1.165) is 23.1 Å². The highest BCUT2D eigenvalue weighted by molar-refractivity contribution is 6.31. The van der Waals surface area contributed by atoms with Gasteiger partial charge >= 0.3 is 0 Å². The molecule has 5 heteroatoms. The summed E-state index contributed by atoms with van der Waals surface area (Å²) in [4.78, 5) is 15.5. The molecule has 0 N–H and O–H groups in total. The molecule has 0 saturated carbocycles. The van der Waals surface area contributed by atoms with Gasteiger partial charge in [-0.25, -0.2) is 0 Å². The van der Waals surface area contributed by atoms with E-state index in [4.69, 9.17) is 21.1 Å². The van der Waals surface area contributed by atoms with Crippen molar-refractivity contribution in [3.05, 3.63) is 94.0 Å². The highest BCUT2D eigenvalue weighted by Crippen LogP contribution is 2.34. The molecule has 0 saturated heterocycles. The zero-order chi connectivity index (χ0) is 21.8. The number of hydrogen-bond donors (Lipinski definition) is 0. The van der Waals surface area contributed by atoms with Gasteiger partial charge in [-0.05, 0) is 59.0 Å². The van der Waals surface area contributed by atoms with E-state index < -0.39 is 0 Å². The number of amides is 1. The van der Waals surface area contributed by atoms with Crippen molar-refractivity contribution >= 4 is 29.2 Å². The van der Waals surface area contributed by atoms with Gasteiger partial charge < -0.3 is 14.4 Å². The van der Waals surface area contributed by atoms with Gasteiger partial charge in [0.2, 0.25) is 0 Å². The third kappa shape index (κ3) is 4.59. The first-order valence-corrected chi connectivity index (χ1v) is 10.5. The second-order valence-electron chi connectivity index (χ2n) is 7.43. The SMILES string of the molecule is COc1cc2c(cc1OC)CN(C(=O)C(=Cc1ccccc1)c1ccc(Cl)cc1)CC2. The zero-order valence-corrected chi connectivity index (χ0v) is 18.4. The Morgan fingerprint density at radius 1 is 0.935 bits per heavy atom. The van der Waals surface area contributed by atoms with Gasteiger partial charge in [-0.15, -0.1) is 0 Å². The summed E-state index contributed by atoms with van der Waals surface area (Å²) in [5, 5.41) is 0.642. The molecular weight excluding hydrogens is 410 g/mol. The van der Waals surface area contributed by atoms with Crippen LogP contribution in [0.5, 0.6) is 11.5 Å². The summed E-state index contributed by atoms with van der Waals surface area (Å²) in [6.45, 7) is 1.16. The quantitative estimate of drug-likeness (QED) is 0.395. The van der Waals surface area contributed by atoms with Crippen molar-refractivity contribution < 1.29 is 14.3 Å². The van der Waals surface area contributed by atoms with Gasteiger partial charge in [-0.2, -0.15) is 0 Å². The summed E-state index contributed by atoms with van der Waals surface area (Å²) >= 11 is 6.08. The fourth-order valence-electron chi connectivity index (χ4n) is 3.84. The van der Waals surface area contributed by atoms with E-state index in [9.17, 15) is 4.79 Å². The van der Waals surface area contributed by atoms with E-state index in [1.807, 2.05) is 77.7 Å². The van der Waals surface area contributed by atoms with Crippen LogP contribution in [0.2, 0.25) is 5.02 Å². The third-order valence-corrected chi connectivity index (χ3v) is 5.75. The van der Waals surface area contributed by atoms with E-state index in [2.05, 4.69) is 0 Å². The van der Waals surface area contributed by atoms with Gasteiger partial charge in [0, 0.05) is 23.7 Å². The van der Waals surface area contributed by atoms with Crippen molar-refractivity contribution in [1.29, 1.82) is 0 Å². The summed E-state index contributed by atoms with van der Waals surface area (Å²) < 4.78 is 10.9. The van der Waals surface area contributed by atoms with Crippen molar-refractivity contribution in [2.75, 3.05) is 20.8 Å². The number of carbonyl (C=O) groups is 1. The lowest BCUT2D eigenvalue weighted by atomic mass is 9.96. The van der Waals surface area contributed by atoms with Crippen LogP contribution >= 0.6 is 11.6 Å². The molecule has 1 aliphatic heterocycles. The Morgan fingerprint density at radius 3 is 2.23 bits per heavy atom. The van der Waals surface area contributed by atoms with Gasteiger partial charge in [0.05, 0.1) is 14.2 Å². The summed E-state index contributed by atoms with van der Waals surface area (Å²) in [5.74, 6) is 1.38. The Kier molecular flexibility index (Phi) is 6.28. The van der Waals surface area contributed by atoms with Crippen LogP contribution in [-0.4, -0.2) is 31.6 Å². The minimum Gasteiger partial charge on any atom is -0.493 e. The van der Waals surface area contributed by atoms with Crippen LogP contribution in [0.25, 0.3) is 11.6 Å². The second kappa shape index (κ2) is 9.27. The average Bonchev–Trinajstić information content (AvgIpc) is 2.82. The van der Waals surface area contributed by atoms with Crippen molar-refractivity contribution in [2.45, 2.75) is 13.0 Å². The topological polar surface area (TPSA) is 38.8 Å². The molecule has 0 radical (unpaired) electrons. The number of hydrogen-bond acceptors (Lipinski definition) is 3. The molecule has 31 heavy (non-hydrogen) atoms. The van der Waals surface area contributed by atoms with Gasteiger partial charge in [0.15, 0.2) is 11.5 Å². The lowest BCUT2D eigenvalue weighted by Gasteiger charge is -2.30. The number of fused-ring (bicyclic) bond motifs is 1. The predicted octanol–water partition coefficient (Wildman–Crippen LogP) is 5.48. The fourth-order valence-corrected chi connectivity index (χ4v) is 3.97. The van der Waals surface area contributed by atoms with Gasteiger partial charge in [0.1, 0.15) is 0 Å². The number of halogens is 1. The largest absolute Gasteiger partial charge is 0.493 e. The Labute approximate surface area is 187 Å². The maximum absolute atomic E-state index is 13.6. The first-order valence-electron chi connectivity index (χ1n) is 10.1. The molecule has 0 aromatic heterocycles. The van der Waals surface area contributed by atoms with Crippen LogP contribution in [0.4, 0.5) is 0 Å². The molecule has 0 unspecified atom stereocenters. The molecule has 1 heterocycles. The highest BCUT2D eigenvalue weighted by Gasteiger charge is 2.25. The molecule has 0 bridgehead atoms. The lowest BCUT2D eigenvalue weighted by Crippen LogP contribution is -2.36. The predicted molar refractivity (Wildman–Crippen MR) is 124 cm³/mol. The first kappa shape index (κ1) is 21.0. The molecule has 0 fully saturated rings. The number of methoxy groups -OCH3 is 2. The summed E-state index contributed by atoms with van der Waals surface area (Å²) in [7, 11) is 3.26. The normalized spacial score (nSPS) is 13.5. The molecule has 158 valence electrons. The van der Waals surface area contributed by atoms with Gasteiger partial charge in [-0.3, -0.25) is 4.79 Å². The van der Waals surface area contributed by atoms with E-state index in [1.54, 1.807) is 14.2 Å². The number of rotatable bonds is 5. The standard InChI is InChI=1S/C26H24ClNO3/c1-30-24-15-20-12-13-28(17-21(20)16-25(24)31-2)26(29)23(14-18-6-4-3-5-7-18)19-8-10-22(27)11-9-19/h3-11,14-16H,12-13,17H2,1-2H3. The minimum atomic E-state index is -0.00777. The maximum atomic E-state index is 13.6. The Bertz CT molecular complexity index is 1110. The molecule has 0 spiro atoms. The monoisotopic (exact) mass is 433 g/mol. The van der Waals surface area contributed by atoms with Crippen LogP contribution in [0.3, 0.4) is 0 Å². The van der Waals surface area contributed by atoms with Crippen LogP contribution in [-0.2, 0) is 17.8 Å². The number of ether oxygens (including phenoxy) is 2. The summed E-state index contributed by atoms with van der Waals surface area (Å²) in [5.41, 5.74) is 4.72. The minimum absolute atomic E-state index is 0.00777. The first-order chi connectivity index (χ1) is 15.1. The molecule has 4 nitrogen and oxygen atoms in total. The van der Waals surface area contributed by atoms with Crippen molar-refractivity contribution in [3.63, 3.8) is 0 Å². The molecule has 1 aliphatic rings. The smallest absolute Gasteiger partial charge is 0.254 e. The Hall–Kier alpha value is -3.24. The Balaban J connectivity index is 1.68. The Morgan fingerprint density at radius 2 is 1.58 bits per heavy atom. The molecule has 0 atom stereocenters. The van der Waals surface area contributed by atoms with E-state index in [0.29, 0.717) is 35.2 Å². The number of nitrogens with zero attached hydrogens (tertiary/aromatic N) is 1. The lowest BCUT2D eigenvalue weighted by molar-refractivity contribution is -0.125. The van der Waals surface area contributed by atoms with E-state index in [1.165, 1.54) is 5.56 Å². The van der Waals surface area contributed by atoms with Crippen LogP contribution < -0.4 is 9.47 Å². The number of benzene rings is 3. The molecular formula is C26H24ClNO3. The van der Waals surface area contributed by atoms with Crippen molar-refractivity contribution in [2.24, 2.45) is 0 Å². The maximum Gasteiger partial charge on any atom is 0.254 e. The summed E-state index contributed by atoms with van der Waals surface area (Å²) in [6.07, 6.45) is 2.70. The average molecular weight is 434 g/mol. The van der Waals surface area contributed by atoms with E-state index in [-0.39, 0.29) is 5.91 Å². The van der Waals surface area contributed by atoms with Gasteiger partial charge in [0.25, 0.3) is 5.91 Å². The molecule has 4 rings (SSSR count). The number of carbonyl (C=O) groups excluding carboxylic acids is 1. The van der Waals surface area contributed by atoms with Crippen molar-refractivity contribution in [3.8, 4) is 11.5 Å². The molecule has 1 amide bonds. The highest BCUT2D eigenvalue weighted by atomic mass is 35.5. The molecule has 3 aromatic carbocycles.